The van der Waals surface area contributed by atoms with Gasteiger partial charge in [0.05, 0.1) is 6.04 Å². The number of hydrogen-bond acceptors (Lipinski definition) is 3. The van der Waals surface area contributed by atoms with E-state index in [1.807, 2.05) is 0 Å². The van der Waals surface area contributed by atoms with Crippen LogP contribution in [0.25, 0.3) is 0 Å². The Morgan fingerprint density at radius 2 is 1.79 bits per heavy atom. The third-order valence-corrected chi connectivity index (χ3v) is 4.85. The van der Waals surface area contributed by atoms with E-state index in [1.54, 1.807) is 0 Å². The fourth-order valence-corrected chi connectivity index (χ4v) is 3.65. The molecule has 3 heteroatoms. The highest BCUT2D eigenvalue weighted by Crippen LogP contribution is 2.27. The number of rotatable bonds is 4. The van der Waals surface area contributed by atoms with Crippen molar-refractivity contribution in [3.05, 3.63) is 0 Å². The molecule has 0 spiro atoms. The zero-order valence-electron chi connectivity index (χ0n) is 12.2. The molecule has 0 amide bonds. The van der Waals surface area contributed by atoms with Gasteiger partial charge in [-0.15, -0.1) is 0 Å². The van der Waals surface area contributed by atoms with E-state index in [1.165, 1.54) is 38.5 Å². The molecule has 2 aliphatic rings. The predicted octanol–water partition coefficient (Wildman–Crippen LogP) is 2.78. The molecule has 3 nitrogen and oxygen atoms in total. The number of hydrogen-bond donors (Lipinski definition) is 2. The molecule has 2 fully saturated rings. The number of carbonyl (C=O) groups is 1. The van der Waals surface area contributed by atoms with E-state index in [0.29, 0.717) is 17.7 Å². The highest BCUT2D eigenvalue weighted by atomic mass is 16.1. The Bertz CT molecular complexity index is 280. The molecule has 1 saturated carbocycles. The minimum absolute atomic E-state index is 0.113. The molecule has 0 aromatic heterocycles. The van der Waals surface area contributed by atoms with Crippen molar-refractivity contribution < 1.29 is 4.79 Å². The molecule has 1 saturated heterocycles. The summed E-state index contributed by atoms with van der Waals surface area (Å²) in [6, 6.07) is 0.692. The molecule has 110 valence electrons. The van der Waals surface area contributed by atoms with Gasteiger partial charge in [0.2, 0.25) is 0 Å². The topological polar surface area (TPSA) is 55.1 Å². The molecule has 0 radical (unpaired) electrons. The van der Waals surface area contributed by atoms with Crippen molar-refractivity contribution in [2.75, 3.05) is 6.54 Å². The Kier molecular flexibility index (Phi) is 6.32. The van der Waals surface area contributed by atoms with Gasteiger partial charge in [0.25, 0.3) is 0 Å². The summed E-state index contributed by atoms with van der Waals surface area (Å²) in [5.74, 6) is 0.833. The van der Waals surface area contributed by atoms with Gasteiger partial charge in [0.1, 0.15) is 0 Å². The highest BCUT2D eigenvalue weighted by molar-refractivity contribution is 5.86. The second-order valence-electron chi connectivity index (χ2n) is 6.37. The van der Waals surface area contributed by atoms with Crippen LogP contribution in [0.2, 0.25) is 0 Å². The number of carbonyl (C=O) groups excluding carboxylic acids is 1. The maximum Gasteiger partial charge on any atom is 0.152 e. The summed E-state index contributed by atoms with van der Waals surface area (Å²) < 4.78 is 0. The van der Waals surface area contributed by atoms with Crippen LogP contribution in [0.3, 0.4) is 0 Å². The third-order valence-electron chi connectivity index (χ3n) is 4.85. The fourth-order valence-electron chi connectivity index (χ4n) is 3.65. The molecule has 1 aliphatic heterocycles. The minimum atomic E-state index is 0.113. The summed E-state index contributed by atoms with van der Waals surface area (Å²) in [6.45, 7) is 0.744. The van der Waals surface area contributed by atoms with Crippen molar-refractivity contribution in [3.8, 4) is 0 Å². The van der Waals surface area contributed by atoms with Gasteiger partial charge in [-0.1, -0.05) is 32.1 Å². The van der Waals surface area contributed by atoms with E-state index in [2.05, 4.69) is 5.32 Å². The lowest BCUT2D eigenvalue weighted by Crippen LogP contribution is -2.42. The predicted molar refractivity (Wildman–Crippen MR) is 79.1 cm³/mol. The Labute approximate surface area is 117 Å². The SMILES string of the molecule is NCCCCC1NC2CCCCCCC(CC2)C1=O. The molecule has 1 heterocycles. The molecule has 2 bridgehead atoms. The summed E-state index contributed by atoms with van der Waals surface area (Å²) in [5.41, 5.74) is 5.56. The standard InChI is InChI=1S/C16H30N2O/c17-12-6-5-9-15-16(19)13-7-3-1-2-4-8-14(18-15)11-10-13/h13-15,18H,1-12,17H2. The molecular formula is C16H30N2O. The smallest absolute Gasteiger partial charge is 0.152 e. The van der Waals surface area contributed by atoms with Crippen LogP contribution in [-0.4, -0.2) is 24.4 Å². The number of unbranched alkanes of at least 4 members (excludes halogenated alkanes) is 1. The number of ketones is 1. The summed E-state index contributed by atoms with van der Waals surface area (Å²) in [6.07, 6.45) is 13.0. The molecule has 0 aromatic carbocycles. The van der Waals surface area contributed by atoms with Gasteiger partial charge in [-0.05, 0) is 45.1 Å². The van der Waals surface area contributed by atoms with Crippen molar-refractivity contribution in [3.63, 3.8) is 0 Å². The summed E-state index contributed by atoms with van der Waals surface area (Å²) in [7, 11) is 0. The van der Waals surface area contributed by atoms with E-state index >= 15 is 0 Å². The van der Waals surface area contributed by atoms with E-state index in [-0.39, 0.29) is 6.04 Å². The van der Waals surface area contributed by atoms with Crippen LogP contribution in [0, 0.1) is 5.92 Å². The van der Waals surface area contributed by atoms with Crippen molar-refractivity contribution in [2.24, 2.45) is 11.7 Å². The zero-order valence-corrected chi connectivity index (χ0v) is 12.2. The molecule has 2 rings (SSSR count). The van der Waals surface area contributed by atoms with Gasteiger partial charge in [-0.2, -0.15) is 0 Å². The van der Waals surface area contributed by atoms with Crippen molar-refractivity contribution in [1.29, 1.82) is 0 Å². The molecule has 0 aromatic rings. The van der Waals surface area contributed by atoms with E-state index in [9.17, 15) is 4.79 Å². The normalized spacial score (nSPS) is 33.1. The molecule has 3 unspecified atom stereocenters. The highest BCUT2D eigenvalue weighted by Gasteiger charge is 2.32. The Balaban J connectivity index is 1.98. The lowest BCUT2D eigenvalue weighted by Gasteiger charge is -2.22. The number of Topliss-reactive ketones (excluding diaryl/α,β-unsaturated/α-hetero) is 1. The van der Waals surface area contributed by atoms with Crippen molar-refractivity contribution in [2.45, 2.75) is 82.7 Å². The van der Waals surface area contributed by atoms with Crippen LogP contribution in [0.1, 0.15) is 70.6 Å². The van der Waals surface area contributed by atoms with Gasteiger partial charge in [-0.3, -0.25) is 4.79 Å². The summed E-state index contributed by atoms with van der Waals surface area (Å²) in [4.78, 5) is 12.6. The second kappa shape index (κ2) is 8.01. The van der Waals surface area contributed by atoms with Crippen LogP contribution in [0.15, 0.2) is 0 Å². The molecule has 1 aliphatic carbocycles. The first-order valence-electron chi connectivity index (χ1n) is 8.31. The minimum Gasteiger partial charge on any atom is -0.330 e. The second-order valence-corrected chi connectivity index (χ2v) is 6.37. The largest absolute Gasteiger partial charge is 0.330 e. The van der Waals surface area contributed by atoms with Crippen LogP contribution in [0.5, 0.6) is 0 Å². The maximum atomic E-state index is 12.6. The average Bonchev–Trinajstić information content (AvgIpc) is 2.58. The lowest BCUT2D eigenvalue weighted by molar-refractivity contribution is -0.125. The van der Waals surface area contributed by atoms with Gasteiger partial charge in [0, 0.05) is 12.0 Å². The zero-order chi connectivity index (χ0) is 13.5. The Morgan fingerprint density at radius 1 is 1.00 bits per heavy atom. The van der Waals surface area contributed by atoms with Gasteiger partial charge < -0.3 is 11.1 Å². The molecule has 3 N–H and O–H groups in total. The summed E-state index contributed by atoms with van der Waals surface area (Å²) >= 11 is 0. The Hall–Kier alpha value is -0.410. The number of fused-ring (bicyclic) bond motifs is 3. The van der Waals surface area contributed by atoms with Crippen LogP contribution in [0.4, 0.5) is 0 Å². The van der Waals surface area contributed by atoms with E-state index in [4.69, 9.17) is 5.73 Å². The van der Waals surface area contributed by atoms with Crippen molar-refractivity contribution >= 4 is 5.78 Å². The third kappa shape index (κ3) is 4.57. The number of nitrogens with one attached hydrogen (secondary N) is 1. The van der Waals surface area contributed by atoms with Crippen LogP contribution < -0.4 is 11.1 Å². The lowest BCUT2D eigenvalue weighted by atomic mass is 9.87. The van der Waals surface area contributed by atoms with Crippen LogP contribution in [-0.2, 0) is 4.79 Å². The quantitative estimate of drug-likeness (QED) is 0.769. The Morgan fingerprint density at radius 3 is 2.58 bits per heavy atom. The van der Waals surface area contributed by atoms with E-state index < -0.39 is 0 Å². The average molecular weight is 266 g/mol. The number of nitrogens with two attached hydrogens (primary N) is 1. The first-order valence-corrected chi connectivity index (χ1v) is 8.31. The van der Waals surface area contributed by atoms with Gasteiger partial charge in [0.15, 0.2) is 5.78 Å². The van der Waals surface area contributed by atoms with E-state index in [0.717, 1.165) is 38.6 Å². The van der Waals surface area contributed by atoms with Gasteiger partial charge in [-0.25, -0.2) is 0 Å². The maximum absolute atomic E-state index is 12.6. The monoisotopic (exact) mass is 266 g/mol. The fraction of sp³-hybridized carbons (Fsp3) is 0.938. The van der Waals surface area contributed by atoms with Crippen LogP contribution >= 0.6 is 0 Å². The van der Waals surface area contributed by atoms with Gasteiger partial charge >= 0.3 is 0 Å². The molecular weight excluding hydrogens is 236 g/mol. The first-order chi connectivity index (χ1) is 9.31. The van der Waals surface area contributed by atoms with Crippen molar-refractivity contribution in [1.82, 2.24) is 5.32 Å². The first kappa shape index (κ1) is 15.0. The molecule has 3 atom stereocenters. The molecule has 19 heavy (non-hydrogen) atoms. The summed E-state index contributed by atoms with van der Waals surface area (Å²) in [5, 5.41) is 3.66.